The molecule has 1 aliphatic rings. The van der Waals surface area contributed by atoms with Gasteiger partial charge in [0.1, 0.15) is 5.01 Å². The van der Waals surface area contributed by atoms with Gasteiger partial charge in [0.15, 0.2) is 0 Å². The van der Waals surface area contributed by atoms with Gasteiger partial charge in [0.2, 0.25) is 0 Å². The van der Waals surface area contributed by atoms with Gasteiger partial charge in [-0.2, -0.15) is 0 Å². The fourth-order valence-corrected chi connectivity index (χ4v) is 2.51. The number of thiazole rings is 1. The summed E-state index contributed by atoms with van der Waals surface area (Å²) >= 11 is 1.75. The SMILES string of the molecule is CC(C)c1csc(CNC2CCOC2)n1. The van der Waals surface area contributed by atoms with Gasteiger partial charge in [0.25, 0.3) is 0 Å². The highest BCUT2D eigenvalue weighted by Crippen LogP contribution is 2.17. The summed E-state index contributed by atoms with van der Waals surface area (Å²) in [5.41, 5.74) is 1.21. The van der Waals surface area contributed by atoms with Crippen LogP contribution in [0.5, 0.6) is 0 Å². The predicted molar refractivity (Wildman–Crippen MR) is 62.3 cm³/mol. The molecular formula is C11H18N2OS. The second-order valence-electron chi connectivity index (χ2n) is 4.26. The van der Waals surface area contributed by atoms with Gasteiger partial charge in [-0.3, -0.25) is 0 Å². The number of hydrogen-bond acceptors (Lipinski definition) is 4. The molecule has 0 spiro atoms. The van der Waals surface area contributed by atoms with Crippen LogP contribution in [-0.2, 0) is 11.3 Å². The zero-order valence-electron chi connectivity index (χ0n) is 9.32. The summed E-state index contributed by atoms with van der Waals surface area (Å²) in [5.74, 6) is 0.532. The van der Waals surface area contributed by atoms with Gasteiger partial charge in [-0.05, 0) is 12.3 Å². The van der Waals surface area contributed by atoms with Crippen molar-refractivity contribution in [3.05, 3.63) is 16.1 Å². The first-order valence-corrected chi connectivity index (χ1v) is 6.39. The molecule has 1 aromatic heterocycles. The minimum Gasteiger partial charge on any atom is -0.380 e. The van der Waals surface area contributed by atoms with Gasteiger partial charge in [-0.25, -0.2) is 4.98 Å². The molecule has 2 rings (SSSR count). The van der Waals surface area contributed by atoms with Crippen molar-refractivity contribution in [3.63, 3.8) is 0 Å². The lowest BCUT2D eigenvalue weighted by Crippen LogP contribution is -2.28. The van der Waals surface area contributed by atoms with E-state index in [0.29, 0.717) is 12.0 Å². The quantitative estimate of drug-likeness (QED) is 0.854. The number of ether oxygens (including phenoxy) is 1. The second kappa shape index (κ2) is 5.05. The van der Waals surface area contributed by atoms with Crippen LogP contribution in [0.25, 0.3) is 0 Å². The van der Waals surface area contributed by atoms with Crippen LogP contribution in [0.15, 0.2) is 5.38 Å². The lowest BCUT2D eigenvalue weighted by atomic mass is 10.2. The number of nitrogens with zero attached hydrogens (tertiary/aromatic N) is 1. The molecule has 2 heterocycles. The third-order valence-corrected chi connectivity index (χ3v) is 3.50. The minimum atomic E-state index is 0.524. The average Bonchev–Trinajstić information content (AvgIpc) is 2.86. The van der Waals surface area contributed by atoms with Crippen LogP contribution < -0.4 is 5.32 Å². The Labute approximate surface area is 94.9 Å². The molecule has 0 saturated carbocycles. The summed E-state index contributed by atoms with van der Waals surface area (Å²) in [6.45, 7) is 6.98. The van der Waals surface area contributed by atoms with Crippen LogP contribution in [0.1, 0.15) is 36.9 Å². The van der Waals surface area contributed by atoms with Crippen molar-refractivity contribution in [1.29, 1.82) is 0 Å². The number of aromatic nitrogens is 1. The lowest BCUT2D eigenvalue weighted by Gasteiger charge is -2.07. The average molecular weight is 226 g/mol. The van der Waals surface area contributed by atoms with Gasteiger partial charge in [0.05, 0.1) is 12.3 Å². The third-order valence-electron chi connectivity index (χ3n) is 2.63. The highest BCUT2D eigenvalue weighted by molar-refractivity contribution is 7.09. The van der Waals surface area contributed by atoms with Gasteiger partial charge in [-0.1, -0.05) is 13.8 Å². The fourth-order valence-electron chi connectivity index (χ4n) is 1.60. The first kappa shape index (κ1) is 11.0. The smallest absolute Gasteiger partial charge is 0.107 e. The molecule has 3 nitrogen and oxygen atoms in total. The van der Waals surface area contributed by atoms with Crippen LogP contribution in [0, 0.1) is 0 Å². The Hall–Kier alpha value is -0.450. The molecule has 1 N–H and O–H groups in total. The van der Waals surface area contributed by atoms with Gasteiger partial charge in [0, 0.05) is 24.6 Å². The first-order chi connectivity index (χ1) is 7.25. The first-order valence-electron chi connectivity index (χ1n) is 5.51. The van der Waals surface area contributed by atoms with Gasteiger partial charge >= 0.3 is 0 Å². The van der Waals surface area contributed by atoms with E-state index >= 15 is 0 Å². The number of rotatable bonds is 4. The Bertz CT molecular complexity index is 305. The summed E-state index contributed by atoms with van der Waals surface area (Å²) in [6, 6.07) is 0.524. The van der Waals surface area contributed by atoms with E-state index in [2.05, 4.69) is 29.5 Å². The summed E-state index contributed by atoms with van der Waals surface area (Å²) in [5, 5.41) is 6.82. The molecule has 15 heavy (non-hydrogen) atoms. The molecule has 1 atom stereocenters. The maximum atomic E-state index is 5.31. The predicted octanol–water partition coefficient (Wildman–Crippen LogP) is 2.14. The Balaban J connectivity index is 1.82. The molecule has 1 aromatic rings. The second-order valence-corrected chi connectivity index (χ2v) is 5.20. The number of nitrogens with one attached hydrogen (secondary N) is 1. The molecule has 84 valence electrons. The van der Waals surface area contributed by atoms with Crippen molar-refractivity contribution < 1.29 is 4.74 Å². The van der Waals surface area contributed by atoms with Gasteiger partial charge < -0.3 is 10.1 Å². The van der Waals surface area contributed by atoms with Crippen LogP contribution in [-0.4, -0.2) is 24.2 Å². The van der Waals surface area contributed by atoms with Crippen molar-refractivity contribution >= 4 is 11.3 Å². The van der Waals surface area contributed by atoms with Gasteiger partial charge in [-0.15, -0.1) is 11.3 Å². The topological polar surface area (TPSA) is 34.1 Å². The van der Waals surface area contributed by atoms with Crippen LogP contribution in [0.4, 0.5) is 0 Å². The van der Waals surface area contributed by atoms with E-state index in [1.165, 1.54) is 10.7 Å². The molecule has 0 amide bonds. The standard InChI is InChI=1S/C11H18N2OS/c1-8(2)10-7-15-11(13-10)5-12-9-3-4-14-6-9/h7-9,12H,3-6H2,1-2H3. The molecule has 1 aliphatic heterocycles. The Morgan fingerprint density at radius 2 is 2.53 bits per heavy atom. The van der Waals surface area contributed by atoms with E-state index < -0.39 is 0 Å². The Kier molecular flexibility index (Phi) is 3.72. The summed E-state index contributed by atoms with van der Waals surface area (Å²) in [4.78, 5) is 4.59. The van der Waals surface area contributed by atoms with E-state index in [1.54, 1.807) is 11.3 Å². The van der Waals surface area contributed by atoms with Crippen molar-refractivity contribution in [1.82, 2.24) is 10.3 Å². The van der Waals surface area contributed by atoms with Crippen LogP contribution in [0.3, 0.4) is 0 Å². The monoisotopic (exact) mass is 226 g/mol. The minimum absolute atomic E-state index is 0.524. The molecule has 1 saturated heterocycles. The van der Waals surface area contributed by atoms with Crippen molar-refractivity contribution in [2.24, 2.45) is 0 Å². The summed E-state index contributed by atoms with van der Waals surface area (Å²) in [6.07, 6.45) is 1.13. The molecular weight excluding hydrogens is 208 g/mol. The van der Waals surface area contributed by atoms with E-state index in [-0.39, 0.29) is 0 Å². The van der Waals surface area contributed by atoms with Crippen LogP contribution in [0.2, 0.25) is 0 Å². The summed E-state index contributed by atoms with van der Waals surface area (Å²) in [7, 11) is 0. The van der Waals surface area contributed by atoms with Crippen molar-refractivity contribution in [2.75, 3.05) is 13.2 Å². The number of hydrogen-bond donors (Lipinski definition) is 1. The maximum absolute atomic E-state index is 5.31. The highest BCUT2D eigenvalue weighted by atomic mass is 32.1. The van der Waals surface area contributed by atoms with Crippen LogP contribution >= 0.6 is 11.3 Å². The summed E-state index contributed by atoms with van der Waals surface area (Å²) < 4.78 is 5.31. The maximum Gasteiger partial charge on any atom is 0.107 e. The van der Waals surface area contributed by atoms with Crippen molar-refractivity contribution in [3.8, 4) is 0 Å². The Morgan fingerprint density at radius 1 is 1.67 bits per heavy atom. The largest absolute Gasteiger partial charge is 0.380 e. The van der Waals surface area contributed by atoms with E-state index in [1.807, 2.05) is 0 Å². The molecule has 1 unspecified atom stereocenters. The lowest BCUT2D eigenvalue weighted by molar-refractivity contribution is 0.190. The fraction of sp³-hybridized carbons (Fsp3) is 0.727. The highest BCUT2D eigenvalue weighted by Gasteiger charge is 2.15. The zero-order chi connectivity index (χ0) is 10.7. The molecule has 0 bridgehead atoms. The van der Waals surface area contributed by atoms with E-state index in [4.69, 9.17) is 4.74 Å². The van der Waals surface area contributed by atoms with E-state index in [9.17, 15) is 0 Å². The zero-order valence-corrected chi connectivity index (χ0v) is 10.1. The Morgan fingerprint density at radius 3 is 3.13 bits per heavy atom. The molecule has 4 heteroatoms. The molecule has 0 radical (unpaired) electrons. The van der Waals surface area contributed by atoms with E-state index in [0.717, 1.165) is 26.2 Å². The molecule has 1 fully saturated rings. The third kappa shape index (κ3) is 3.00. The van der Waals surface area contributed by atoms with Crippen molar-refractivity contribution in [2.45, 2.75) is 38.8 Å². The normalized spacial score (nSPS) is 21.4. The molecule has 0 aliphatic carbocycles. The molecule has 0 aromatic carbocycles.